The summed E-state index contributed by atoms with van der Waals surface area (Å²) in [5.74, 6) is 0.479. The maximum atomic E-state index is 12.0. The van der Waals surface area contributed by atoms with Crippen molar-refractivity contribution in [1.29, 1.82) is 0 Å². The van der Waals surface area contributed by atoms with Gasteiger partial charge in [0.25, 0.3) is 0 Å². The van der Waals surface area contributed by atoms with Crippen molar-refractivity contribution in [2.45, 2.75) is 25.9 Å². The first-order valence-corrected chi connectivity index (χ1v) is 6.10. The molecule has 0 heterocycles. The smallest absolute Gasteiger partial charge is 0.414 e. The average Bonchev–Trinajstić information content (AvgIpc) is 3.21. The molecule has 0 spiro atoms. The van der Waals surface area contributed by atoms with Gasteiger partial charge in [-0.15, -0.1) is 0 Å². The minimum Gasteiger partial charge on any atom is -0.446 e. The fourth-order valence-corrected chi connectivity index (χ4v) is 1.82. The zero-order chi connectivity index (χ0) is 13.0. The van der Waals surface area contributed by atoms with Crippen LogP contribution in [0.1, 0.15) is 19.8 Å². The van der Waals surface area contributed by atoms with E-state index in [0.717, 1.165) is 12.8 Å². The lowest BCUT2D eigenvalue weighted by Crippen LogP contribution is -2.35. The number of hydrogen-bond acceptors (Lipinski definition) is 3. The molecular formula is C14H16NO3. The van der Waals surface area contributed by atoms with Gasteiger partial charge in [-0.25, -0.2) is 4.79 Å². The standard InChI is InChI=1S/C14H16NO3/c1-11(12-7-8-12)18-14(17)15(9-10-16)13-5-3-2-4-6-13/h2-6,11-12H,7-9H2,1H3. The molecule has 0 saturated heterocycles. The summed E-state index contributed by atoms with van der Waals surface area (Å²) in [7, 11) is 0. The molecule has 1 atom stereocenters. The van der Waals surface area contributed by atoms with Crippen molar-refractivity contribution in [1.82, 2.24) is 0 Å². The van der Waals surface area contributed by atoms with Crippen molar-refractivity contribution < 1.29 is 14.3 Å². The van der Waals surface area contributed by atoms with Crippen molar-refractivity contribution in [2.24, 2.45) is 5.92 Å². The minimum atomic E-state index is -0.482. The molecule has 4 nitrogen and oxygen atoms in total. The quantitative estimate of drug-likeness (QED) is 0.802. The Labute approximate surface area is 107 Å². The van der Waals surface area contributed by atoms with Crippen LogP contribution in [-0.2, 0) is 9.53 Å². The van der Waals surface area contributed by atoms with E-state index >= 15 is 0 Å². The number of ether oxygens (including phenoxy) is 1. The highest BCUT2D eigenvalue weighted by molar-refractivity contribution is 5.90. The highest BCUT2D eigenvalue weighted by atomic mass is 16.6. The number of para-hydroxylation sites is 1. The lowest BCUT2D eigenvalue weighted by atomic mass is 10.3. The van der Waals surface area contributed by atoms with Crippen LogP contribution in [-0.4, -0.2) is 25.0 Å². The predicted octanol–water partition coefficient (Wildman–Crippen LogP) is 2.54. The lowest BCUT2D eigenvalue weighted by Gasteiger charge is -2.22. The number of nitrogens with zero attached hydrogens (tertiary/aromatic N) is 1. The van der Waals surface area contributed by atoms with Gasteiger partial charge in [0.2, 0.25) is 6.29 Å². The summed E-state index contributed by atoms with van der Waals surface area (Å²) in [4.78, 5) is 23.8. The van der Waals surface area contributed by atoms with Crippen LogP contribution < -0.4 is 4.90 Å². The minimum absolute atomic E-state index is 0.0876. The van der Waals surface area contributed by atoms with E-state index in [4.69, 9.17) is 4.74 Å². The molecule has 0 N–H and O–H groups in total. The van der Waals surface area contributed by atoms with Gasteiger partial charge in [-0.2, -0.15) is 0 Å². The molecule has 2 rings (SSSR count). The van der Waals surface area contributed by atoms with Crippen LogP contribution in [0.3, 0.4) is 0 Å². The third kappa shape index (κ3) is 3.09. The summed E-state index contributed by atoms with van der Waals surface area (Å²) in [6.07, 6.45) is 3.39. The Kier molecular flexibility index (Phi) is 3.97. The summed E-state index contributed by atoms with van der Waals surface area (Å²) in [5, 5.41) is 0. The molecule has 4 heteroatoms. The van der Waals surface area contributed by atoms with Crippen LogP contribution in [0.2, 0.25) is 0 Å². The molecule has 18 heavy (non-hydrogen) atoms. The monoisotopic (exact) mass is 246 g/mol. The number of amides is 1. The Hall–Kier alpha value is -1.84. The first-order chi connectivity index (χ1) is 8.72. The van der Waals surface area contributed by atoms with E-state index < -0.39 is 6.09 Å². The number of rotatable bonds is 5. The normalized spacial score (nSPS) is 15.8. The van der Waals surface area contributed by atoms with E-state index in [9.17, 15) is 9.59 Å². The fraction of sp³-hybridized carbons (Fsp3) is 0.429. The highest BCUT2D eigenvalue weighted by Gasteiger charge is 2.32. The van der Waals surface area contributed by atoms with Gasteiger partial charge in [0.15, 0.2) is 0 Å². The van der Waals surface area contributed by atoms with E-state index in [0.29, 0.717) is 11.6 Å². The molecule has 1 unspecified atom stereocenters. The first kappa shape index (κ1) is 12.6. The van der Waals surface area contributed by atoms with Gasteiger partial charge in [-0.05, 0) is 37.8 Å². The molecule has 1 aromatic rings. The number of hydrogen-bond donors (Lipinski definition) is 0. The zero-order valence-electron chi connectivity index (χ0n) is 10.3. The van der Waals surface area contributed by atoms with Gasteiger partial charge < -0.3 is 4.74 Å². The molecule has 1 aliphatic rings. The molecular weight excluding hydrogens is 230 g/mol. The van der Waals surface area contributed by atoms with Crippen LogP contribution in [0.25, 0.3) is 0 Å². The number of benzene rings is 1. The summed E-state index contributed by atoms with van der Waals surface area (Å²) in [6, 6.07) is 9.00. The first-order valence-electron chi connectivity index (χ1n) is 6.10. The second-order valence-electron chi connectivity index (χ2n) is 4.49. The largest absolute Gasteiger partial charge is 0.446 e. The van der Waals surface area contributed by atoms with E-state index in [-0.39, 0.29) is 12.6 Å². The van der Waals surface area contributed by atoms with Gasteiger partial charge in [0.1, 0.15) is 6.10 Å². The van der Waals surface area contributed by atoms with Crippen LogP contribution in [0.5, 0.6) is 0 Å². The van der Waals surface area contributed by atoms with Crippen molar-refractivity contribution in [3.8, 4) is 0 Å². The lowest BCUT2D eigenvalue weighted by molar-refractivity contribution is 0.102. The third-order valence-corrected chi connectivity index (χ3v) is 3.08. The Morgan fingerprint density at radius 2 is 2.11 bits per heavy atom. The van der Waals surface area contributed by atoms with Gasteiger partial charge in [-0.1, -0.05) is 18.2 Å². The van der Waals surface area contributed by atoms with Gasteiger partial charge >= 0.3 is 6.09 Å². The summed E-state index contributed by atoms with van der Waals surface area (Å²) in [6.45, 7) is 1.78. The zero-order valence-corrected chi connectivity index (χ0v) is 10.3. The molecule has 1 fully saturated rings. The molecule has 1 saturated carbocycles. The van der Waals surface area contributed by atoms with Crippen molar-refractivity contribution in [3.05, 3.63) is 30.3 Å². The Balaban J connectivity index is 2.04. The highest BCUT2D eigenvalue weighted by Crippen LogP contribution is 2.34. The Morgan fingerprint density at radius 1 is 1.44 bits per heavy atom. The topological polar surface area (TPSA) is 46.6 Å². The molecule has 1 aliphatic carbocycles. The van der Waals surface area contributed by atoms with Gasteiger partial charge in [0.05, 0.1) is 6.54 Å². The molecule has 0 aliphatic heterocycles. The predicted molar refractivity (Wildman–Crippen MR) is 68.1 cm³/mol. The second kappa shape index (κ2) is 5.67. The van der Waals surface area contributed by atoms with Crippen molar-refractivity contribution >= 4 is 18.1 Å². The summed E-state index contributed by atoms with van der Waals surface area (Å²) in [5.41, 5.74) is 0.647. The van der Waals surface area contributed by atoms with Crippen LogP contribution in [0.15, 0.2) is 30.3 Å². The molecule has 1 aromatic carbocycles. The average molecular weight is 246 g/mol. The molecule has 1 amide bonds. The van der Waals surface area contributed by atoms with E-state index in [1.54, 1.807) is 18.4 Å². The van der Waals surface area contributed by atoms with Gasteiger partial charge in [0, 0.05) is 5.69 Å². The van der Waals surface area contributed by atoms with Crippen LogP contribution in [0.4, 0.5) is 10.5 Å². The maximum absolute atomic E-state index is 12.0. The Morgan fingerprint density at radius 3 is 2.67 bits per heavy atom. The molecule has 1 radical (unpaired) electrons. The van der Waals surface area contributed by atoms with E-state index in [2.05, 4.69) is 0 Å². The van der Waals surface area contributed by atoms with Crippen molar-refractivity contribution in [2.75, 3.05) is 11.4 Å². The Bertz CT molecular complexity index is 414. The van der Waals surface area contributed by atoms with Crippen molar-refractivity contribution in [3.63, 3.8) is 0 Å². The van der Waals surface area contributed by atoms with Crippen LogP contribution in [0, 0.1) is 5.92 Å². The molecule has 0 bridgehead atoms. The third-order valence-electron chi connectivity index (χ3n) is 3.08. The SMILES string of the molecule is CC(OC(=O)N(C[C]=O)c1ccccc1)C1CC1. The number of carbonyl (C=O) groups is 1. The molecule has 95 valence electrons. The van der Waals surface area contributed by atoms with E-state index in [1.807, 2.05) is 25.1 Å². The van der Waals surface area contributed by atoms with Gasteiger partial charge in [-0.3, -0.25) is 9.69 Å². The van der Waals surface area contributed by atoms with Crippen LogP contribution >= 0.6 is 0 Å². The molecule has 0 aromatic heterocycles. The number of anilines is 1. The second-order valence-corrected chi connectivity index (χ2v) is 4.49. The summed E-state index contributed by atoms with van der Waals surface area (Å²) >= 11 is 0. The fourth-order valence-electron chi connectivity index (χ4n) is 1.82. The maximum Gasteiger partial charge on any atom is 0.414 e. The summed E-state index contributed by atoms with van der Waals surface area (Å²) < 4.78 is 5.35. The number of carbonyl (C=O) groups excluding carboxylic acids is 2. The van der Waals surface area contributed by atoms with E-state index in [1.165, 1.54) is 4.90 Å².